The predicted octanol–water partition coefficient (Wildman–Crippen LogP) is 3.40. The fourth-order valence-corrected chi connectivity index (χ4v) is 2.73. The summed E-state index contributed by atoms with van der Waals surface area (Å²) < 4.78 is 14.5. The second kappa shape index (κ2) is 4.80. The minimum atomic E-state index is -0.388. The van der Waals surface area contributed by atoms with Crippen molar-refractivity contribution in [1.29, 1.82) is 0 Å². The van der Waals surface area contributed by atoms with Gasteiger partial charge in [0.15, 0.2) is 0 Å². The number of nitrogens with zero attached hydrogens (tertiary/aromatic N) is 1. The average molecular weight is 293 g/mol. The van der Waals surface area contributed by atoms with Gasteiger partial charge < -0.3 is 10.6 Å². The third kappa shape index (κ3) is 1.98. The number of benzene rings is 2. The van der Waals surface area contributed by atoms with Crippen LogP contribution in [0.15, 0.2) is 48.8 Å². The van der Waals surface area contributed by atoms with Crippen molar-refractivity contribution in [2.45, 2.75) is 0 Å². The number of carbonyl (C=O) groups excluding carboxylic acids is 1. The normalized spacial score (nSPS) is 13.4. The summed E-state index contributed by atoms with van der Waals surface area (Å²) in [5.41, 5.74) is 2.37. The lowest BCUT2D eigenvalue weighted by atomic mass is 9.99. The molecule has 3 aromatic rings. The lowest BCUT2D eigenvalue weighted by Gasteiger charge is -2.20. The van der Waals surface area contributed by atoms with Gasteiger partial charge in [0.1, 0.15) is 5.82 Å². The number of aromatic nitrogens is 1. The van der Waals surface area contributed by atoms with E-state index in [1.807, 2.05) is 24.3 Å². The number of hydrogen-bond donors (Lipinski definition) is 2. The highest BCUT2D eigenvalue weighted by Gasteiger charge is 2.18. The number of carbonyl (C=O) groups is 1. The predicted molar refractivity (Wildman–Crippen MR) is 84.3 cm³/mol. The number of amides is 1. The average Bonchev–Trinajstić information content (AvgIpc) is 2.54. The van der Waals surface area contributed by atoms with Crippen molar-refractivity contribution in [3.8, 4) is 11.1 Å². The van der Waals surface area contributed by atoms with Crippen molar-refractivity contribution in [1.82, 2.24) is 4.98 Å². The zero-order valence-electron chi connectivity index (χ0n) is 11.6. The van der Waals surface area contributed by atoms with Gasteiger partial charge in [-0.1, -0.05) is 24.3 Å². The van der Waals surface area contributed by atoms with E-state index in [9.17, 15) is 9.18 Å². The Morgan fingerprint density at radius 2 is 1.91 bits per heavy atom. The van der Waals surface area contributed by atoms with Crippen molar-refractivity contribution in [2.24, 2.45) is 0 Å². The molecule has 1 aromatic heterocycles. The Hall–Kier alpha value is -2.95. The van der Waals surface area contributed by atoms with Gasteiger partial charge in [-0.2, -0.15) is 0 Å². The van der Waals surface area contributed by atoms with Crippen LogP contribution in [0.5, 0.6) is 0 Å². The van der Waals surface area contributed by atoms with Gasteiger partial charge in [0.2, 0.25) is 5.91 Å². The summed E-state index contributed by atoms with van der Waals surface area (Å²) in [5.74, 6) is -0.563. The molecule has 5 heteroatoms. The maximum absolute atomic E-state index is 14.5. The minimum Gasteiger partial charge on any atom is -0.374 e. The quantitative estimate of drug-likeness (QED) is 0.723. The zero-order chi connectivity index (χ0) is 15.1. The standard InChI is InChI=1S/C17H12FN3O/c18-14-6-16-15(20-9-17(22)21-16)5-12(14)13-8-19-7-10-3-1-2-4-11(10)13/h1-8,20H,9H2,(H,21,22). The number of halogens is 1. The van der Waals surface area contributed by atoms with Crippen LogP contribution in [-0.2, 0) is 4.79 Å². The molecule has 0 radical (unpaired) electrons. The molecule has 0 saturated heterocycles. The Morgan fingerprint density at radius 3 is 2.82 bits per heavy atom. The largest absolute Gasteiger partial charge is 0.374 e. The van der Waals surface area contributed by atoms with Crippen molar-refractivity contribution in [3.63, 3.8) is 0 Å². The summed E-state index contributed by atoms with van der Waals surface area (Å²) in [5, 5.41) is 7.56. The highest BCUT2D eigenvalue weighted by molar-refractivity contribution is 6.02. The van der Waals surface area contributed by atoms with Crippen molar-refractivity contribution in [3.05, 3.63) is 54.6 Å². The summed E-state index contributed by atoms with van der Waals surface area (Å²) in [6.45, 7) is 0.186. The van der Waals surface area contributed by atoms with Gasteiger partial charge in [-0.3, -0.25) is 9.78 Å². The Balaban J connectivity index is 1.94. The molecule has 22 heavy (non-hydrogen) atoms. The van der Waals surface area contributed by atoms with E-state index in [-0.39, 0.29) is 18.3 Å². The monoisotopic (exact) mass is 293 g/mol. The van der Waals surface area contributed by atoms with E-state index in [4.69, 9.17) is 0 Å². The van der Waals surface area contributed by atoms with Crippen LogP contribution in [-0.4, -0.2) is 17.4 Å². The highest BCUT2D eigenvalue weighted by Crippen LogP contribution is 2.35. The van der Waals surface area contributed by atoms with Gasteiger partial charge in [0.05, 0.1) is 17.9 Å². The number of hydrogen-bond acceptors (Lipinski definition) is 3. The molecule has 0 aliphatic carbocycles. The molecule has 1 aliphatic rings. The van der Waals surface area contributed by atoms with E-state index in [1.54, 1.807) is 18.5 Å². The molecule has 0 spiro atoms. The van der Waals surface area contributed by atoms with Crippen LogP contribution in [0.2, 0.25) is 0 Å². The summed E-state index contributed by atoms with van der Waals surface area (Å²) in [4.78, 5) is 15.6. The lowest BCUT2D eigenvalue weighted by Crippen LogP contribution is -2.27. The van der Waals surface area contributed by atoms with E-state index in [0.717, 1.165) is 16.3 Å². The minimum absolute atomic E-state index is 0.175. The third-order valence-electron chi connectivity index (χ3n) is 3.78. The van der Waals surface area contributed by atoms with Crippen LogP contribution in [0.4, 0.5) is 15.8 Å². The highest BCUT2D eigenvalue weighted by atomic mass is 19.1. The first-order valence-corrected chi connectivity index (χ1v) is 6.93. The molecule has 0 saturated carbocycles. The summed E-state index contributed by atoms with van der Waals surface area (Å²) in [7, 11) is 0. The molecule has 0 unspecified atom stereocenters. The Kier molecular flexibility index (Phi) is 2.79. The second-order valence-electron chi connectivity index (χ2n) is 5.19. The smallest absolute Gasteiger partial charge is 0.243 e. The summed E-state index contributed by atoms with van der Waals surface area (Å²) in [6.07, 6.45) is 3.42. The van der Waals surface area contributed by atoms with Gasteiger partial charge in [-0.05, 0) is 11.5 Å². The lowest BCUT2D eigenvalue weighted by molar-refractivity contribution is -0.114. The SMILES string of the molecule is O=C1CNc2cc(-c3cncc4ccccc34)c(F)cc2N1. The molecule has 4 nitrogen and oxygen atoms in total. The molecule has 108 valence electrons. The molecule has 4 rings (SSSR count). The van der Waals surface area contributed by atoms with Crippen LogP contribution >= 0.6 is 0 Å². The maximum atomic E-state index is 14.5. The molecule has 1 aliphatic heterocycles. The van der Waals surface area contributed by atoms with E-state index in [1.165, 1.54) is 6.07 Å². The molecule has 0 fully saturated rings. The number of anilines is 2. The molecule has 2 heterocycles. The zero-order valence-corrected chi connectivity index (χ0v) is 11.6. The van der Waals surface area contributed by atoms with Gasteiger partial charge in [-0.15, -0.1) is 0 Å². The van der Waals surface area contributed by atoms with Crippen LogP contribution in [0, 0.1) is 5.82 Å². The van der Waals surface area contributed by atoms with Crippen LogP contribution in [0.3, 0.4) is 0 Å². The van der Waals surface area contributed by atoms with Crippen molar-refractivity contribution < 1.29 is 9.18 Å². The first-order chi connectivity index (χ1) is 10.7. The van der Waals surface area contributed by atoms with Crippen molar-refractivity contribution >= 4 is 28.1 Å². The molecule has 0 bridgehead atoms. The molecular weight excluding hydrogens is 281 g/mol. The van der Waals surface area contributed by atoms with E-state index in [2.05, 4.69) is 15.6 Å². The Morgan fingerprint density at radius 1 is 1.05 bits per heavy atom. The molecule has 2 N–H and O–H groups in total. The second-order valence-corrected chi connectivity index (χ2v) is 5.19. The topological polar surface area (TPSA) is 54.0 Å². The fraction of sp³-hybridized carbons (Fsp3) is 0.0588. The van der Waals surface area contributed by atoms with Crippen molar-refractivity contribution in [2.75, 3.05) is 17.2 Å². The van der Waals surface area contributed by atoms with Gasteiger partial charge in [0, 0.05) is 35.0 Å². The van der Waals surface area contributed by atoms with Crippen LogP contribution < -0.4 is 10.6 Å². The number of rotatable bonds is 1. The molecule has 0 atom stereocenters. The molecule has 1 amide bonds. The summed E-state index contributed by atoms with van der Waals surface area (Å²) in [6, 6.07) is 10.8. The van der Waals surface area contributed by atoms with Crippen LogP contribution in [0.25, 0.3) is 21.9 Å². The maximum Gasteiger partial charge on any atom is 0.243 e. The van der Waals surface area contributed by atoms with Gasteiger partial charge in [-0.25, -0.2) is 4.39 Å². The third-order valence-corrected chi connectivity index (χ3v) is 3.78. The first kappa shape index (κ1) is 12.8. The van der Waals surface area contributed by atoms with E-state index in [0.29, 0.717) is 16.9 Å². The van der Waals surface area contributed by atoms with Gasteiger partial charge in [0.25, 0.3) is 0 Å². The fourth-order valence-electron chi connectivity index (χ4n) is 2.73. The van der Waals surface area contributed by atoms with Gasteiger partial charge >= 0.3 is 0 Å². The molecule has 2 aromatic carbocycles. The number of fused-ring (bicyclic) bond motifs is 2. The number of nitrogens with one attached hydrogen (secondary N) is 2. The Bertz CT molecular complexity index is 902. The Labute approximate surface area is 126 Å². The van der Waals surface area contributed by atoms with E-state index >= 15 is 0 Å². The van der Waals surface area contributed by atoms with Crippen LogP contribution in [0.1, 0.15) is 0 Å². The molecular formula is C17H12FN3O. The first-order valence-electron chi connectivity index (χ1n) is 6.93. The van der Waals surface area contributed by atoms with E-state index < -0.39 is 0 Å². The summed E-state index contributed by atoms with van der Waals surface area (Å²) >= 11 is 0. The number of pyridine rings is 1.